The quantitative estimate of drug-likeness (QED) is 0.610. The van der Waals surface area contributed by atoms with E-state index in [4.69, 9.17) is 33.1 Å². The summed E-state index contributed by atoms with van der Waals surface area (Å²) in [4.78, 5) is 0. The highest BCUT2D eigenvalue weighted by molar-refractivity contribution is 6.42. The molecule has 0 aliphatic carbocycles. The molecule has 2 N–H and O–H groups in total. The van der Waals surface area contributed by atoms with Crippen LogP contribution in [-0.4, -0.2) is 18.4 Å². The van der Waals surface area contributed by atoms with E-state index in [-0.39, 0.29) is 0 Å². The van der Waals surface area contributed by atoms with Gasteiger partial charge in [-0.15, -0.1) is 0 Å². The summed E-state index contributed by atoms with van der Waals surface area (Å²) in [5, 5.41) is 9.29. The van der Waals surface area contributed by atoms with Gasteiger partial charge in [0.25, 0.3) is 0 Å². The first-order chi connectivity index (χ1) is 6.74. The van der Waals surface area contributed by atoms with E-state index in [1.54, 1.807) is 18.2 Å². The third-order valence-corrected chi connectivity index (χ3v) is 2.33. The second kappa shape index (κ2) is 6.09. The Morgan fingerprint density at radius 1 is 1.29 bits per heavy atom. The number of rotatable bonds is 5. The molecule has 14 heavy (non-hydrogen) atoms. The second-order valence-electron chi connectivity index (χ2n) is 2.69. The standard InChI is InChI=1S/C9H11Cl2NO2/c10-8-3-2-7(6-9(8)11)14-5-1-4-12-13/h2-3,6,12-13H,1,4-5H2. The summed E-state index contributed by atoms with van der Waals surface area (Å²) < 4.78 is 5.35. The van der Waals surface area contributed by atoms with E-state index in [0.29, 0.717) is 28.9 Å². The fourth-order valence-electron chi connectivity index (χ4n) is 0.908. The number of hydrogen-bond acceptors (Lipinski definition) is 3. The molecule has 0 spiro atoms. The molecule has 0 aliphatic rings. The van der Waals surface area contributed by atoms with Crippen LogP contribution in [0.3, 0.4) is 0 Å². The molecule has 5 heteroatoms. The summed E-state index contributed by atoms with van der Waals surface area (Å²) in [5.41, 5.74) is 2.05. The maximum absolute atomic E-state index is 8.30. The maximum atomic E-state index is 8.30. The minimum absolute atomic E-state index is 0.476. The van der Waals surface area contributed by atoms with Gasteiger partial charge in [-0.05, 0) is 18.6 Å². The average molecular weight is 236 g/mol. The predicted molar refractivity (Wildman–Crippen MR) is 56.4 cm³/mol. The van der Waals surface area contributed by atoms with Crippen LogP contribution in [0, 0.1) is 0 Å². The summed E-state index contributed by atoms with van der Waals surface area (Å²) in [5.74, 6) is 0.678. The molecule has 1 aromatic rings. The van der Waals surface area contributed by atoms with Gasteiger partial charge in [-0.25, -0.2) is 5.48 Å². The molecule has 0 heterocycles. The smallest absolute Gasteiger partial charge is 0.120 e. The van der Waals surface area contributed by atoms with Crippen molar-refractivity contribution in [2.75, 3.05) is 13.2 Å². The lowest BCUT2D eigenvalue weighted by Gasteiger charge is -2.06. The molecular weight excluding hydrogens is 225 g/mol. The van der Waals surface area contributed by atoms with Crippen molar-refractivity contribution >= 4 is 23.2 Å². The zero-order valence-electron chi connectivity index (χ0n) is 7.46. The monoisotopic (exact) mass is 235 g/mol. The minimum Gasteiger partial charge on any atom is -0.493 e. The van der Waals surface area contributed by atoms with Gasteiger partial charge >= 0.3 is 0 Å². The van der Waals surface area contributed by atoms with Gasteiger partial charge in [0.05, 0.1) is 16.7 Å². The zero-order valence-corrected chi connectivity index (χ0v) is 8.98. The molecular formula is C9H11Cl2NO2. The van der Waals surface area contributed by atoms with Crippen molar-refractivity contribution in [1.82, 2.24) is 5.48 Å². The Bertz CT molecular complexity index is 294. The number of ether oxygens (including phenoxy) is 1. The summed E-state index contributed by atoms with van der Waals surface area (Å²) in [6.45, 7) is 1.02. The Labute approximate surface area is 92.5 Å². The van der Waals surface area contributed by atoms with Crippen molar-refractivity contribution in [2.45, 2.75) is 6.42 Å². The number of hydrogen-bond donors (Lipinski definition) is 2. The van der Waals surface area contributed by atoms with Crippen LogP contribution in [0.4, 0.5) is 0 Å². The first-order valence-electron chi connectivity index (χ1n) is 4.19. The third-order valence-electron chi connectivity index (χ3n) is 1.59. The lowest BCUT2D eigenvalue weighted by atomic mass is 10.3. The van der Waals surface area contributed by atoms with E-state index in [2.05, 4.69) is 0 Å². The van der Waals surface area contributed by atoms with Crippen molar-refractivity contribution in [1.29, 1.82) is 0 Å². The topological polar surface area (TPSA) is 41.5 Å². The number of halogens is 2. The molecule has 0 fully saturated rings. The summed E-state index contributed by atoms with van der Waals surface area (Å²) >= 11 is 11.5. The SMILES string of the molecule is ONCCCOc1ccc(Cl)c(Cl)c1. The van der Waals surface area contributed by atoms with E-state index in [1.807, 2.05) is 5.48 Å². The first kappa shape index (κ1) is 11.6. The molecule has 0 aromatic heterocycles. The Balaban J connectivity index is 2.39. The molecule has 0 atom stereocenters. The van der Waals surface area contributed by atoms with Gasteiger partial charge in [0, 0.05) is 12.6 Å². The molecule has 0 bridgehead atoms. The molecule has 1 rings (SSSR count). The third kappa shape index (κ3) is 3.72. The summed E-state index contributed by atoms with van der Waals surface area (Å²) in [6.07, 6.45) is 0.719. The molecule has 78 valence electrons. The molecule has 0 aliphatic heterocycles. The van der Waals surface area contributed by atoms with Crippen LogP contribution in [0.2, 0.25) is 10.0 Å². The zero-order chi connectivity index (χ0) is 10.4. The highest BCUT2D eigenvalue weighted by Crippen LogP contribution is 2.26. The van der Waals surface area contributed by atoms with Crippen LogP contribution in [0.5, 0.6) is 5.75 Å². The molecule has 3 nitrogen and oxygen atoms in total. The van der Waals surface area contributed by atoms with E-state index >= 15 is 0 Å². The van der Waals surface area contributed by atoms with E-state index in [1.165, 1.54) is 0 Å². The Kier molecular flexibility index (Phi) is 5.04. The molecule has 0 saturated carbocycles. The fourth-order valence-corrected chi connectivity index (χ4v) is 1.20. The lowest BCUT2D eigenvalue weighted by molar-refractivity contribution is 0.157. The van der Waals surface area contributed by atoms with Gasteiger partial charge in [-0.2, -0.15) is 0 Å². The molecule has 0 radical (unpaired) electrons. The Hall–Kier alpha value is -0.480. The first-order valence-corrected chi connectivity index (χ1v) is 4.94. The summed E-state index contributed by atoms with van der Waals surface area (Å²) in [6, 6.07) is 5.10. The van der Waals surface area contributed by atoms with Crippen molar-refractivity contribution in [2.24, 2.45) is 0 Å². The van der Waals surface area contributed by atoms with Gasteiger partial charge < -0.3 is 9.94 Å². The van der Waals surface area contributed by atoms with Crippen molar-refractivity contribution < 1.29 is 9.94 Å². The van der Waals surface area contributed by atoms with Crippen molar-refractivity contribution in [3.63, 3.8) is 0 Å². The number of nitrogens with one attached hydrogen (secondary N) is 1. The lowest BCUT2D eigenvalue weighted by Crippen LogP contribution is -2.12. The largest absolute Gasteiger partial charge is 0.493 e. The minimum atomic E-state index is 0.476. The van der Waals surface area contributed by atoms with Crippen molar-refractivity contribution in [3.8, 4) is 5.75 Å². The molecule has 0 saturated heterocycles. The van der Waals surface area contributed by atoms with Crippen molar-refractivity contribution in [3.05, 3.63) is 28.2 Å². The van der Waals surface area contributed by atoms with Crippen LogP contribution >= 0.6 is 23.2 Å². The average Bonchev–Trinajstić information content (AvgIpc) is 2.18. The van der Waals surface area contributed by atoms with Crippen LogP contribution in [0.25, 0.3) is 0 Å². The van der Waals surface area contributed by atoms with E-state index < -0.39 is 0 Å². The normalized spacial score (nSPS) is 10.2. The van der Waals surface area contributed by atoms with Crippen LogP contribution in [-0.2, 0) is 0 Å². The van der Waals surface area contributed by atoms with Crippen LogP contribution in [0.1, 0.15) is 6.42 Å². The number of hydroxylamine groups is 1. The van der Waals surface area contributed by atoms with E-state index in [0.717, 1.165) is 6.42 Å². The van der Waals surface area contributed by atoms with Crippen LogP contribution in [0.15, 0.2) is 18.2 Å². The van der Waals surface area contributed by atoms with Crippen LogP contribution < -0.4 is 10.2 Å². The predicted octanol–water partition coefficient (Wildman–Crippen LogP) is 2.74. The van der Waals surface area contributed by atoms with Gasteiger partial charge in [-0.3, -0.25) is 0 Å². The fraction of sp³-hybridized carbons (Fsp3) is 0.333. The van der Waals surface area contributed by atoms with Gasteiger partial charge in [0.15, 0.2) is 0 Å². The maximum Gasteiger partial charge on any atom is 0.120 e. The second-order valence-corrected chi connectivity index (χ2v) is 3.50. The van der Waals surface area contributed by atoms with Gasteiger partial charge in [0.1, 0.15) is 5.75 Å². The Morgan fingerprint density at radius 2 is 2.07 bits per heavy atom. The molecule has 1 aromatic carbocycles. The molecule has 0 amide bonds. The Morgan fingerprint density at radius 3 is 2.71 bits per heavy atom. The van der Waals surface area contributed by atoms with Gasteiger partial charge in [-0.1, -0.05) is 23.2 Å². The van der Waals surface area contributed by atoms with E-state index in [9.17, 15) is 0 Å². The highest BCUT2D eigenvalue weighted by Gasteiger charge is 1.99. The molecule has 0 unspecified atom stereocenters. The van der Waals surface area contributed by atoms with Gasteiger partial charge in [0.2, 0.25) is 0 Å². The highest BCUT2D eigenvalue weighted by atomic mass is 35.5. The number of benzene rings is 1. The summed E-state index contributed by atoms with van der Waals surface area (Å²) in [7, 11) is 0.